The van der Waals surface area contributed by atoms with Crippen LogP contribution in [-0.4, -0.2) is 258 Å². The molecule has 0 radical (unpaired) electrons. The number of imide groups is 5. The molecule has 3 N–H and O–H groups in total. The van der Waals surface area contributed by atoms with Gasteiger partial charge in [-0.1, -0.05) is 66.2 Å². The van der Waals surface area contributed by atoms with Gasteiger partial charge in [-0.25, -0.2) is 44.7 Å². The van der Waals surface area contributed by atoms with E-state index in [1.165, 1.54) is 102 Å². The smallest absolute Gasteiger partial charge is 0.333 e. The molecule has 35 nitrogen and oxygen atoms in total. The molecule has 47 heteroatoms. The summed E-state index contributed by atoms with van der Waals surface area (Å²) in [5.74, 6) is -5.76. The van der Waals surface area contributed by atoms with Crippen molar-refractivity contribution >= 4 is 198 Å². The highest BCUT2D eigenvalue weighted by Gasteiger charge is 2.39. The number of thioether (sulfide) groups is 4. The van der Waals surface area contributed by atoms with Gasteiger partial charge in [-0.2, -0.15) is 0 Å². The Kier molecular flexibility index (Phi) is 42.5. The zero-order valence-corrected chi connectivity index (χ0v) is 83.9. The molecule has 1 fully saturated rings. The SMILES string of the molecule is C[SiH](C)CCCOC=O.C[Si](C)(CCCC(=O)O)O[Si](C)(C)CSc1ncc(CN2C(=O)C=CC2=O)cn1.C[Si](C)(CCCC(=O)ON1C(=O)CCC1=O)O[Si](C)(C)CSc1ncc(CN2C(=O)C=CC2=O)cn1.C[Si](C)(CSc1ncc(CN2C(=O)C=CC2=O)cn1)O[Si](C)(C)CSc1ncc(CN2C(=O)C=CC2=O)cn1.C[Si](C)(O)CCCC(=O)O. The second kappa shape index (κ2) is 49.7. The van der Waals surface area contributed by atoms with Crippen LogP contribution < -0.4 is 0 Å². The van der Waals surface area contributed by atoms with Gasteiger partial charge < -0.3 is 36.9 Å². The van der Waals surface area contributed by atoms with Gasteiger partial charge in [0.1, 0.15) is 0 Å². The molecular formula is C76H113N13O22S4Si8. The van der Waals surface area contributed by atoms with Crippen LogP contribution in [0, 0.1) is 0 Å². The van der Waals surface area contributed by atoms with Crippen LogP contribution in [0.25, 0.3) is 0 Å². The summed E-state index contributed by atoms with van der Waals surface area (Å²) in [4.78, 5) is 213. The molecule has 0 spiro atoms. The quantitative estimate of drug-likeness (QED) is 0.00925. The lowest BCUT2D eigenvalue weighted by Gasteiger charge is -2.33. The Hall–Kier alpha value is -8.16. The Morgan fingerprint density at radius 2 is 0.650 bits per heavy atom. The third-order valence-corrected chi connectivity index (χ3v) is 52.2. The first-order valence-electron chi connectivity index (χ1n) is 39.7. The monoisotopic (exact) mass is 1910 g/mol. The second-order valence-electron chi connectivity index (χ2n) is 33.6. The first kappa shape index (κ1) is 105. The highest BCUT2D eigenvalue weighted by molar-refractivity contribution is 8.01. The molecule has 0 unspecified atom stereocenters. The van der Waals surface area contributed by atoms with Gasteiger partial charge in [-0.3, -0.25) is 81.9 Å². The van der Waals surface area contributed by atoms with E-state index in [1.807, 2.05) is 13.1 Å². The third kappa shape index (κ3) is 41.2. The van der Waals surface area contributed by atoms with Crippen LogP contribution in [0.3, 0.4) is 0 Å². The highest BCUT2D eigenvalue weighted by Crippen LogP contribution is 2.31. The molecule has 5 aliphatic heterocycles. The van der Waals surface area contributed by atoms with Gasteiger partial charge in [0.15, 0.2) is 78.8 Å². The minimum atomic E-state index is -2.08. The van der Waals surface area contributed by atoms with Gasteiger partial charge in [0.05, 0.1) is 32.8 Å². The van der Waals surface area contributed by atoms with Gasteiger partial charge in [0.2, 0.25) is 0 Å². The summed E-state index contributed by atoms with van der Waals surface area (Å²) in [6, 6.07) is 3.51. The van der Waals surface area contributed by atoms with Crippen molar-refractivity contribution in [3.8, 4) is 0 Å². The van der Waals surface area contributed by atoms with Gasteiger partial charge in [0.25, 0.3) is 65.5 Å². The lowest BCUT2D eigenvalue weighted by Crippen LogP contribution is -2.48. The first-order valence-corrected chi connectivity index (χ1v) is 68.6. The van der Waals surface area contributed by atoms with E-state index in [4.69, 9.17) is 27.4 Å². The summed E-state index contributed by atoms with van der Waals surface area (Å²) in [6.07, 6.45) is 26.6. The molecule has 1 saturated heterocycles. The summed E-state index contributed by atoms with van der Waals surface area (Å²) < 4.78 is 24.3. The molecule has 4 aromatic heterocycles. The Morgan fingerprint density at radius 3 is 0.894 bits per heavy atom. The number of carbonyl (C=O) groups is 14. The van der Waals surface area contributed by atoms with Crippen molar-refractivity contribution in [2.24, 2.45) is 0 Å². The molecule has 9 heterocycles. The number of nitrogens with zero attached hydrogens (tertiary/aromatic N) is 13. The molecular weight excluding hydrogens is 1800 g/mol. The molecule has 9 rings (SSSR count). The van der Waals surface area contributed by atoms with Crippen molar-refractivity contribution in [3.63, 3.8) is 0 Å². The molecule has 0 bridgehead atoms. The maximum absolute atomic E-state index is 12.0. The zero-order chi connectivity index (χ0) is 91.7. The molecule has 5 aliphatic rings. The predicted molar refractivity (Wildman–Crippen MR) is 483 cm³/mol. The number of rotatable bonds is 44. The van der Waals surface area contributed by atoms with Crippen LogP contribution in [0.15, 0.2) is 119 Å². The lowest BCUT2D eigenvalue weighted by molar-refractivity contribution is -0.197. The van der Waals surface area contributed by atoms with E-state index in [-0.39, 0.29) is 106 Å². The fraction of sp³-hybridized carbons (Fsp3) is 0.500. The molecule has 0 aromatic carbocycles. The Bertz CT molecular complexity index is 4310. The van der Waals surface area contributed by atoms with Crippen LogP contribution >= 0.6 is 47.0 Å². The van der Waals surface area contributed by atoms with Crippen molar-refractivity contribution in [3.05, 3.63) is 120 Å². The van der Waals surface area contributed by atoms with E-state index in [0.717, 1.165) is 59.6 Å². The number of aliphatic carboxylic acids is 2. The number of carboxylic acid groups (broad SMARTS) is 2. The standard InChI is InChI=1S/C24H28N6O5S2Si2.C22H30N4O7SSi2.C18H27N3O5SSi2.C6H14O3Si.C6H14O2Si/c1-38(2,15-36-23-25-9-17(10-26-23)13-29-19(31)5-6-20(29)32)35-39(3,4)16-37-24-27-11-18(12-28-24)14-30-21(33)7-8-22(30)34;1-35(2,11-5-6-21(31)32-26-19(29)9-10-20(26)30)33-36(3,4)15-34-22-23-12-16(13-24-22)14-25-17(27)7-8-18(25)28;1-28(2,9-5-6-17(24)25)26-29(3,4)13-27-18-19-10-14(11-20-18)12-21-15(22)7-8-16(21)23;1-10(2,9)5-3-4-6(7)8;1-9(2)5-3-4-8-6-7/h5-12H,13-16H2,1-4H3;7-8,12-13H,5-6,9-11,14-15H2,1-4H3;7-8,10-11H,5-6,9,12-13H2,1-4H3,(H,24,25);9H,3-5H2,1-2H3,(H,7,8);6,9H,3-5H2,1-2H3. The fourth-order valence-corrected chi connectivity index (χ4v) is 46.5. The van der Waals surface area contributed by atoms with Gasteiger partial charge >= 0.3 is 17.9 Å². The average Bonchev–Trinajstić information content (AvgIpc) is 1.67. The Morgan fingerprint density at radius 1 is 0.398 bits per heavy atom. The molecule has 10 amide bonds. The number of carboxylic acids is 2. The van der Waals surface area contributed by atoms with E-state index in [0.29, 0.717) is 86.3 Å². The molecule has 123 heavy (non-hydrogen) atoms. The van der Waals surface area contributed by atoms with Crippen LogP contribution in [-0.2, 0) is 115 Å². The van der Waals surface area contributed by atoms with Crippen molar-refractivity contribution in [1.29, 1.82) is 0 Å². The van der Waals surface area contributed by atoms with Gasteiger partial charge in [-0.15, -0.1) is 5.06 Å². The molecule has 0 atom stereocenters. The maximum Gasteiger partial charge on any atom is 0.333 e. The minimum Gasteiger partial charge on any atom is -0.481 e. The predicted octanol–water partition coefficient (Wildman–Crippen LogP) is 9.76. The van der Waals surface area contributed by atoms with Crippen molar-refractivity contribution in [1.82, 2.24) is 64.5 Å². The van der Waals surface area contributed by atoms with Crippen LogP contribution in [0.2, 0.25) is 129 Å². The topological polar surface area (TPSA) is 465 Å². The summed E-state index contributed by atoms with van der Waals surface area (Å²) in [6.45, 7) is 35.7. The van der Waals surface area contributed by atoms with Crippen LogP contribution in [0.5, 0.6) is 0 Å². The minimum absolute atomic E-state index is 0.0745. The number of carbonyl (C=O) groups excluding carboxylic acids is 12. The van der Waals surface area contributed by atoms with Crippen LogP contribution in [0.4, 0.5) is 0 Å². The van der Waals surface area contributed by atoms with Crippen molar-refractivity contribution in [2.75, 3.05) is 28.1 Å². The summed E-state index contributed by atoms with van der Waals surface area (Å²) >= 11 is 6.11. The summed E-state index contributed by atoms with van der Waals surface area (Å²) in [5.41, 5.74) is 2.74. The maximum atomic E-state index is 12.0. The number of aromatic nitrogens is 8. The molecule has 0 aliphatic carbocycles. The number of hydrogen-bond donors (Lipinski definition) is 3. The lowest BCUT2D eigenvalue weighted by atomic mass is 10.3. The van der Waals surface area contributed by atoms with E-state index < -0.39 is 96.7 Å². The van der Waals surface area contributed by atoms with Gasteiger partial charge in [0, 0.05) is 183 Å². The number of hydrogen-bond acceptors (Lipinski definition) is 32. The number of hydroxylamine groups is 2. The fourth-order valence-electron chi connectivity index (χ4n) is 11.9. The number of ether oxygens (including phenoxy) is 1. The molecule has 0 saturated carbocycles. The highest BCUT2D eigenvalue weighted by atomic mass is 32.2. The first-order chi connectivity index (χ1) is 57.4. The van der Waals surface area contributed by atoms with Crippen molar-refractivity contribution in [2.45, 2.75) is 234 Å². The van der Waals surface area contributed by atoms with E-state index in [9.17, 15) is 71.9 Å². The number of amides is 10. The molecule has 4 aromatic rings. The van der Waals surface area contributed by atoms with E-state index in [2.05, 4.69) is 136 Å². The third-order valence-electron chi connectivity index (χ3n) is 17.4. The largest absolute Gasteiger partial charge is 0.481 e. The summed E-state index contributed by atoms with van der Waals surface area (Å²) in [5, 5.41) is 23.1. The van der Waals surface area contributed by atoms with E-state index >= 15 is 0 Å². The van der Waals surface area contributed by atoms with Gasteiger partial charge in [-0.05, 0) is 135 Å². The zero-order valence-electron chi connectivity index (χ0n) is 72.5. The Labute approximate surface area is 742 Å². The molecule has 670 valence electrons. The summed E-state index contributed by atoms with van der Waals surface area (Å²) in [7, 11) is -14.6. The normalized spacial score (nSPS) is 14.9. The average molecular weight is 1910 g/mol. The van der Waals surface area contributed by atoms with Crippen LogP contribution in [0.1, 0.15) is 80.0 Å². The second-order valence-corrected chi connectivity index (χ2v) is 72.9. The van der Waals surface area contributed by atoms with E-state index in [1.54, 1.807) is 49.6 Å². The van der Waals surface area contributed by atoms with Crippen molar-refractivity contribution < 1.29 is 104 Å². The Balaban J connectivity index is 0.000000298.